The monoisotopic (exact) mass is 619 g/mol. The number of halogens is 4. The summed E-state index contributed by atoms with van der Waals surface area (Å²) in [5, 5.41) is 8.93. The molecule has 3 N–H and O–H groups in total. The van der Waals surface area contributed by atoms with Crippen molar-refractivity contribution in [3.8, 4) is 5.75 Å². The number of alkyl halides is 3. The van der Waals surface area contributed by atoms with Gasteiger partial charge in [-0.25, -0.2) is 10.4 Å². The molecule has 7 nitrogen and oxygen atoms in total. The second-order valence-electron chi connectivity index (χ2n) is 9.32. The Morgan fingerprint density at radius 1 is 1.10 bits per heavy atom. The Bertz CT molecular complexity index is 1330. The Kier molecular flexibility index (Phi) is 9.49. The molecule has 40 heavy (non-hydrogen) atoms. The van der Waals surface area contributed by atoms with E-state index in [2.05, 4.69) is 26.8 Å². The number of rotatable bonds is 11. The number of carbonyl (C=O) groups is 1. The predicted octanol–water partition coefficient (Wildman–Crippen LogP) is 5.20. The summed E-state index contributed by atoms with van der Waals surface area (Å²) in [6.45, 7) is 2.31. The van der Waals surface area contributed by atoms with Crippen LogP contribution in [0.1, 0.15) is 35.6 Å². The molecule has 0 radical (unpaired) electrons. The molecule has 212 valence electrons. The Morgan fingerprint density at radius 2 is 1.80 bits per heavy atom. The summed E-state index contributed by atoms with van der Waals surface area (Å²) < 4.78 is 51.1. The van der Waals surface area contributed by atoms with Crippen LogP contribution in [0.2, 0.25) is 0 Å². The zero-order chi connectivity index (χ0) is 28.8. The molecule has 0 saturated carbocycles. The van der Waals surface area contributed by atoms with Crippen molar-refractivity contribution in [3.05, 3.63) is 99.5 Å². The Hall–Kier alpha value is -3.41. The fourth-order valence-corrected chi connectivity index (χ4v) is 4.65. The number of aliphatic hydroxyl groups is 1. The fourth-order valence-electron chi connectivity index (χ4n) is 4.22. The van der Waals surface area contributed by atoms with Crippen LogP contribution in [0.3, 0.4) is 0 Å². The second-order valence-corrected chi connectivity index (χ2v) is 10.2. The minimum atomic E-state index is -4.42. The molecule has 4 rings (SSSR count). The molecule has 0 unspecified atom stereocenters. The van der Waals surface area contributed by atoms with Crippen LogP contribution in [0.4, 0.5) is 13.2 Å². The average molecular weight is 620 g/mol. The minimum absolute atomic E-state index is 0.0431. The number of amides is 1. The molecular formula is C29H29BrF3N3O4. The number of aliphatic imine (C=N–C) groups is 1. The average Bonchev–Trinajstić information content (AvgIpc) is 3.27. The van der Waals surface area contributed by atoms with Crippen LogP contribution in [0.5, 0.6) is 5.75 Å². The van der Waals surface area contributed by atoms with Crippen molar-refractivity contribution in [3.63, 3.8) is 0 Å². The molecule has 1 aliphatic rings. The van der Waals surface area contributed by atoms with E-state index in [1.54, 1.807) is 31.2 Å². The lowest BCUT2D eigenvalue weighted by Crippen LogP contribution is -2.55. The van der Waals surface area contributed by atoms with Crippen LogP contribution < -0.4 is 15.6 Å². The highest BCUT2D eigenvalue weighted by atomic mass is 79.9. The van der Waals surface area contributed by atoms with E-state index in [0.29, 0.717) is 35.8 Å². The number of hydrazine groups is 1. The lowest BCUT2D eigenvalue weighted by molar-refractivity contribution is -0.137. The van der Waals surface area contributed by atoms with E-state index in [4.69, 9.17) is 19.6 Å². The van der Waals surface area contributed by atoms with Crippen LogP contribution in [-0.2, 0) is 28.7 Å². The van der Waals surface area contributed by atoms with Gasteiger partial charge < -0.3 is 14.6 Å². The third-order valence-electron chi connectivity index (χ3n) is 6.52. The van der Waals surface area contributed by atoms with Gasteiger partial charge in [-0.15, -0.1) is 0 Å². The van der Waals surface area contributed by atoms with Crippen molar-refractivity contribution >= 4 is 27.7 Å². The van der Waals surface area contributed by atoms with Gasteiger partial charge in [0, 0.05) is 36.0 Å². The molecule has 0 bridgehead atoms. The van der Waals surface area contributed by atoms with Gasteiger partial charge in [0.2, 0.25) is 5.90 Å². The first kappa shape index (κ1) is 29.6. The van der Waals surface area contributed by atoms with Crippen LogP contribution in [0, 0.1) is 0 Å². The fraction of sp³-hybridized carbons (Fsp3) is 0.310. The van der Waals surface area contributed by atoms with E-state index in [0.717, 1.165) is 22.2 Å². The number of carbonyl (C=O) groups excluding carboxylic acids is 1. The van der Waals surface area contributed by atoms with E-state index in [-0.39, 0.29) is 19.6 Å². The molecule has 0 saturated heterocycles. The van der Waals surface area contributed by atoms with Gasteiger partial charge in [0.1, 0.15) is 11.9 Å². The molecule has 3 aromatic rings. The Balaban J connectivity index is 1.53. The second kappa shape index (κ2) is 12.8. The van der Waals surface area contributed by atoms with Crippen LogP contribution in [-0.4, -0.2) is 41.8 Å². The normalized spacial score (nSPS) is 18.6. The summed E-state index contributed by atoms with van der Waals surface area (Å²) in [7, 11) is 0. The topological polar surface area (TPSA) is 92.2 Å². The summed E-state index contributed by atoms with van der Waals surface area (Å²) in [6, 6.07) is 19.3. The van der Waals surface area contributed by atoms with Crippen molar-refractivity contribution in [2.45, 2.75) is 44.1 Å². The molecule has 11 heteroatoms. The van der Waals surface area contributed by atoms with Crippen molar-refractivity contribution in [2.75, 3.05) is 13.2 Å². The van der Waals surface area contributed by atoms with E-state index >= 15 is 0 Å². The van der Waals surface area contributed by atoms with Gasteiger partial charge in [0.05, 0.1) is 12.2 Å². The lowest BCUT2D eigenvalue weighted by atomic mass is 9.86. The van der Waals surface area contributed by atoms with Gasteiger partial charge >= 0.3 is 6.18 Å². The first-order valence-corrected chi connectivity index (χ1v) is 13.4. The molecule has 2 atom stereocenters. The van der Waals surface area contributed by atoms with E-state index in [1.807, 2.05) is 24.3 Å². The molecule has 1 aliphatic heterocycles. The summed E-state index contributed by atoms with van der Waals surface area (Å²) in [4.78, 5) is 18.5. The maximum absolute atomic E-state index is 13.7. The van der Waals surface area contributed by atoms with Gasteiger partial charge in [0.25, 0.3) is 5.91 Å². The maximum atomic E-state index is 13.7. The lowest BCUT2D eigenvalue weighted by Gasteiger charge is -2.28. The minimum Gasteiger partial charge on any atom is -0.494 e. The van der Waals surface area contributed by atoms with Gasteiger partial charge in [-0.1, -0.05) is 46.3 Å². The van der Waals surface area contributed by atoms with Crippen molar-refractivity contribution < 1.29 is 32.5 Å². The van der Waals surface area contributed by atoms with Crippen molar-refractivity contribution in [2.24, 2.45) is 4.99 Å². The largest absolute Gasteiger partial charge is 0.494 e. The number of nitrogens with zero attached hydrogens (tertiary/aromatic N) is 1. The Labute approximate surface area is 238 Å². The third kappa shape index (κ3) is 7.01. The summed E-state index contributed by atoms with van der Waals surface area (Å²) in [6.07, 6.45) is -4.30. The molecule has 3 aromatic carbocycles. The number of benzene rings is 3. The van der Waals surface area contributed by atoms with Crippen LogP contribution in [0.25, 0.3) is 0 Å². The molecular weight excluding hydrogens is 591 g/mol. The highest BCUT2D eigenvalue weighted by Crippen LogP contribution is 2.34. The first-order valence-electron chi connectivity index (χ1n) is 12.7. The van der Waals surface area contributed by atoms with Gasteiger partial charge in [0.15, 0.2) is 5.54 Å². The van der Waals surface area contributed by atoms with E-state index < -0.39 is 29.3 Å². The van der Waals surface area contributed by atoms with E-state index in [1.165, 1.54) is 12.1 Å². The summed E-state index contributed by atoms with van der Waals surface area (Å²) >= 11 is 3.55. The molecule has 0 spiro atoms. The number of ether oxygens (including phenoxy) is 2. The molecule has 1 amide bonds. The number of hydrogen-bond acceptors (Lipinski definition) is 6. The highest BCUT2D eigenvalue weighted by Gasteiger charge is 2.50. The number of nitrogens with one attached hydrogen (secondary N) is 2. The number of aliphatic hydroxyl groups excluding tert-OH is 1. The van der Waals surface area contributed by atoms with Gasteiger partial charge in [-0.2, -0.15) is 13.2 Å². The smallest absolute Gasteiger partial charge is 0.416 e. The maximum Gasteiger partial charge on any atom is 0.416 e. The number of hydrogen-bond donors (Lipinski definition) is 3. The highest BCUT2D eigenvalue weighted by molar-refractivity contribution is 9.10. The molecule has 0 aromatic heterocycles. The Morgan fingerprint density at radius 3 is 2.45 bits per heavy atom. The van der Waals surface area contributed by atoms with Crippen molar-refractivity contribution in [1.82, 2.24) is 10.9 Å². The van der Waals surface area contributed by atoms with Gasteiger partial charge in [-0.05, 0) is 60.5 Å². The summed E-state index contributed by atoms with van der Waals surface area (Å²) in [5.74, 6) is 0.495. The van der Waals surface area contributed by atoms with Crippen LogP contribution >= 0.6 is 15.9 Å². The van der Waals surface area contributed by atoms with E-state index in [9.17, 15) is 18.0 Å². The molecule has 0 aliphatic carbocycles. The SMILES string of the molecule is C[C@@H]1OC(c2ccc(OCCCO)cc2)=N[C@]1(Cc1ccccc1Br)C(=O)NNCc1ccc(C(F)(F)F)cc1. The summed E-state index contributed by atoms with van der Waals surface area (Å²) in [5.41, 5.74) is 5.52. The molecule has 0 fully saturated rings. The van der Waals surface area contributed by atoms with Gasteiger partial charge in [-0.3, -0.25) is 10.2 Å². The third-order valence-corrected chi connectivity index (χ3v) is 7.29. The van der Waals surface area contributed by atoms with Crippen molar-refractivity contribution in [1.29, 1.82) is 0 Å². The first-order chi connectivity index (χ1) is 19.1. The van der Waals surface area contributed by atoms with Crippen LogP contribution in [0.15, 0.2) is 82.3 Å². The molecule has 1 heterocycles. The standard InChI is InChI=1S/C29H29BrF3N3O4/c1-19-28(17-22-5-2-3-6-25(22)30,27(38)36-34-18-20-7-11-23(12-8-20)29(31,32)33)35-26(40-19)21-9-13-24(14-10-21)39-16-4-15-37/h2-3,5-14,19,34,37H,4,15-18H2,1H3,(H,36,38)/t19-,28-/m0/s1. The zero-order valence-electron chi connectivity index (χ0n) is 21.7. The zero-order valence-corrected chi connectivity index (χ0v) is 23.3. The quantitative estimate of drug-likeness (QED) is 0.203. The predicted molar refractivity (Wildman–Crippen MR) is 148 cm³/mol.